The minimum Gasteiger partial charge on any atom is -0.507 e. The van der Waals surface area contributed by atoms with Gasteiger partial charge in [-0.25, -0.2) is 19.0 Å². The molecule has 7 rings (SSSR count). The maximum Gasteiger partial charge on any atom is 0.339 e. The van der Waals surface area contributed by atoms with Crippen LogP contribution in [0.4, 0.5) is 15.8 Å². The second-order valence-electron chi connectivity index (χ2n) is 12.3. The first-order valence-corrected chi connectivity index (χ1v) is 16.4. The van der Waals surface area contributed by atoms with E-state index in [-0.39, 0.29) is 40.2 Å². The molecule has 0 aromatic heterocycles. The van der Waals surface area contributed by atoms with Gasteiger partial charge in [0.05, 0.1) is 34.8 Å². The average molecular weight is 774 g/mol. The normalized spacial score (nSPS) is 29.0. The predicted octanol–water partition coefficient (Wildman–Crippen LogP) is 5.47. The van der Waals surface area contributed by atoms with Crippen LogP contribution in [0.25, 0.3) is 0 Å². The predicted molar refractivity (Wildman–Crippen MR) is 177 cm³/mol. The molecule has 2 heterocycles. The van der Waals surface area contributed by atoms with E-state index in [1.165, 1.54) is 37.4 Å². The lowest BCUT2D eigenvalue weighted by atomic mass is 9.56. The summed E-state index contributed by atoms with van der Waals surface area (Å²) in [6.45, 7) is 0. The summed E-state index contributed by atoms with van der Waals surface area (Å²) in [5, 5.41) is 30.3. The number of carboxylic acids is 1. The molecule has 49 heavy (non-hydrogen) atoms. The number of phenolic OH excluding ortho intramolecular Hbond substituents is 1. The Morgan fingerprint density at radius 1 is 0.939 bits per heavy atom. The summed E-state index contributed by atoms with van der Waals surface area (Å²) in [7, 11) is 1.32. The molecule has 252 valence electrons. The molecule has 4 amide bonds. The molecule has 3 fully saturated rings. The van der Waals surface area contributed by atoms with E-state index in [0.29, 0.717) is 11.1 Å². The number of carbonyl (C=O) groups excluding carboxylic acids is 4. The highest BCUT2D eigenvalue weighted by atomic mass is 79.9. The second-order valence-corrected chi connectivity index (χ2v) is 14.4. The molecule has 15 heteroatoms. The molecule has 3 N–H and O–H groups in total. The molecule has 0 bridgehead atoms. The monoisotopic (exact) mass is 772 g/mol. The van der Waals surface area contributed by atoms with E-state index in [2.05, 4.69) is 15.9 Å². The number of benzene rings is 3. The first kappa shape index (κ1) is 33.1. The summed E-state index contributed by atoms with van der Waals surface area (Å²) in [6.07, 6.45) is 1.41. The lowest BCUT2D eigenvalue weighted by Crippen LogP contribution is -2.60. The number of halogens is 4. The number of carbonyl (C=O) groups is 5. The third kappa shape index (κ3) is 4.48. The van der Waals surface area contributed by atoms with E-state index >= 15 is 0 Å². The van der Waals surface area contributed by atoms with Gasteiger partial charge in [0.1, 0.15) is 17.1 Å². The third-order valence-electron chi connectivity index (χ3n) is 9.97. The van der Waals surface area contributed by atoms with Gasteiger partial charge in [0, 0.05) is 12.0 Å². The zero-order chi connectivity index (χ0) is 35.3. The Bertz CT molecular complexity index is 2060. The molecule has 11 nitrogen and oxygen atoms in total. The fourth-order valence-electron chi connectivity index (χ4n) is 7.78. The number of amides is 4. The van der Waals surface area contributed by atoms with Gasteiger partial charge in [-0.05, 0) is 88.8 Å². The first-order chi connectivity index (χ1) is 23.1. The van der Waals surface area contributed by atoms with E-state index in [1.54, 1.807) is 6.08 Å². The molecule has 1 saturated carbocycles. The van der Waals surface area contributed by atoms with Crippen LogP contribution < -0.4 is 14.5 Å². The van der Waals surface area contributed by atoms with Gasteiger partial charge in [0.15, 0.2) is 21.2 Å². The summed E-state index contributed by atoms with van der Waals surface area (Å²) in [5.41, 5.74) is 0.316. The van der Waals surface area contributed by atoms with Gasteiger partial charge in [0.25, 0.3) is 11.8 Å². The number of aromatic carboxylic acids is 1. The molecule has 0 spiro atoms. The fraction of sp³-hybridized carbons (Fsp3) is 0.265. The van der Waals surface area contributed by atoms with Crippen molar-refractivity contribution in [3.05, 3.63) is 87.7 Å². The standard InChI is InChI=1S/C34H24BrCl2FN2O9/c1-49-24-11-14(10-22(35)27(24)42)26-18-8-9-20-25(29(44)39(28(20)43)17-6-7-19(30(45)46)23(41)12-17)21(18)13-33(36)31(47)40(32(48)34(26,33)37)16-4-2-15(38)3-5-16/h2-8,10-12,20-21,25-26,41-42H,9,13H2,1H3,(H,45,46)/t20-,21+,25-,26-,33+,34-/m0/s1. The summed E-state index contributed by atoms with van der Waals surface area (Å²) >= 11 is 18.0. The molecule has 4 aliphatic rings. The molecule has 2 aliphatic carbocycles. The van der Waals surface area contributed by atoms with Gasteiger partial charge < -0.3 is 20.1 Å². The van der Waals surface area contributed by atoms with Crippen LogP contribution in [0, 0.1) is 23.6 Å². The maximum absolute atomic E-state index is 14.5. The average Bonchev–Trinajstić information content (AvgIpc) is 3.40. The molecule has 0 radical (unpaired) electrons. The maximum atomic E-state index is 14.5. The zero-order valence-corrected chi connectivity index (χ0v) is 28.3. The molecule has 2 aliphatic heterocycles. The number of alkyl halides is 2. The Labute approximate surface area is 295 Å². The number of methoxy groups -OCH3 is 1. The third-order valence-corrected chi connectivity index (χ3v) is 12.0. The summed E-state index contributed by atoms with van der Waals surface area (Å²) in [6, 6.07) is 10.9. The number of fused-ring (bicyclic) bond motifs is 4. The van der Waals surface area contributed by atoms with Crippen LogP contribution in [-0.4, -0.2) is 61.8 Å². The molecule has 6 atom stereocenters. The molecule has 2 saturated heterocycles. The molecular formula is C34H24BrCl2FN2O9. The number of carboxylic acid groups (broad SMARTS) is 1. The number of imide groups is 2. The Kier molecular flexibility index (Phi) is 7.62. The van der Waals surface area contributed by atoms with Crippen LogP contribution in [0.3, 0.4) is 0 Å². The SMILES string of the molecule is COc1cc([C@H]2C3=CC[C@@H]4C(=O)N(c5ccc(C(=O)O)c(O)c5)C(=O)[C@@H]4[C@@H]3C[C@@]3(Cl)C(=O)N(c4ccc(F)cc4)C(=O)[C@@]23Cl)cc(Br)c1O. The summed E-state index contributed by atoms with van der Waals surface area (Å²) in [4.78, 5) is 65.7. The summed E-state index contributed by atoms with van der Waals surface area (Å²) < 4.78 is 19.4. The number of hydrogen-bond acceptors (Lipinski definition) is 8. The van der Waals surface area contributed by atoms with Crippen LogP contribution >= 0.6 is 39.1 Å². The molecule has 3 aromatic carbocycles. The Hall–Kier alpha value is -4.46. The summed E-state index contributed by atoms with van der Waals surface area (Å²) in [5.74, 6) is -10.1. The van der Waals surface area contributed by atoms with Gasteiger partial charge in [0.2, 0.25) is 11.8 Å². The van der Waals surface area contributed by atoms with Gasteiger partial charge in [-0.15, -0.1) is 23.2 Å². The minimum atomic E-state index is -2.21. The van der Waals surface area contributed by atoms with Crippen LogP contribution in [0.5, 0.6) is 17.2 Å². The number of allylic oxidation sites excluding steroid dienone is 2. The van der Waals surface area contributed by atoms with E-state index in [1.807, 2.05) is 0 Å². The largest absolute Gasteiger partial charge is 0.507 e. The van der Waals surface area contributed by atoms with Crippen molar-refractivity contribution in [3.63, 3.8) is 0 Å². The number of nitrogens with zero attached hydrogens (tertiary/aromatic N) is 2. The van der Waals surface area contributed by atoms with Crippen LogP contribution in [0.1, 0.15) is 34.7 Å². The zero-order valence-electron chi connectivity index (χ0n) is 25.2. The highest BCUT2D eigenvalue weighted by Crippen LogP contribution is 2.66. The van der Waals surface area contributed by atoms with E-state index < -0.39 is 80.1 Å². The number of anilines is 2. The number of phenols is 2. The number of rotatable bonds is 5. The fourth-order valence-corrected chi connectivity index (χ4v) is 9.18. The number of aromatic hydroxyl groups is 2. The van der Waals surface area contributed by atoms with Gasteiger partial charge in [-0.2, -0.15) is 0 Å². The van der Waals surface area contributed by atoms with Gasteiger partial charge >= 0.3 is 5.97 Å². The van der Waals surface area contributed by atoms with Gasteiger partial charge in [-0.3, -0.25) is 19.2 Å². The molecular weight excluding hydrogens is 750 g/mol. The van der Waals surface area contributed by atoms with Crippen LogP contribution in [-0.2, 0) is 19.2 Å². The van der Waals surface area contributed by atoms with Crippen molar-refractivity contribution < 1.29 is 48.4 Å². The Balaban J connectivity index is 1.40. The van der Waals surface area contributed by atoms with Crippen molar-refractivity contribution in [2.24, 2.45) is 17.8 Å². The van der Waals surface area contributed by atoms with Crippen molar-refractivity contribution in [1.29, 1.82) is 0 Å². The number of ether oxygens (including phenoxy) is 1. The van der Waals surface area contributed by atoms with E-state index in [9.17, 15) is 43.7 Å². The highest BCUT2D eigenvalue weighted by Gasteiger charge is 2.76. The first-order valence-electron chi connectivity index (χ1n) is 14.9. The lowest BCUT2D eigenvalue weighted by Gasteiger charge is -2.50. The van der Waals surface area contributed by atoms with E-state index in [4.69, 9.17) is 27.9 Å². The van der Waals surface area contributed by atoms with Crippen molar-refractivity contribution >= 4 is 80.1 Å². The Morgan fingerprint density at radius 3 is 2.24 bits per heavy atom. The topological polar surface area (TPSA) is 162 Å². The second kappa shape index (κ2) is 11.3. The van der Waals surface area contributed by atoms with Crippen molar-refractivity contribution in [3.8, 4) is 17.2 Å². The van der Waals surface area contributed by atoms with Crippen molar-refractivity contribution in [2.45, 2.75) is 28.5 Å². The smallest absolute Gasteiger partial charge is 0.339 e. The highest BCUT2D eigenvalue weighted by molar-refractivity contribution is 9.10. The van der Waals surface area contributed by atoms with Gasteiger partial charge in [-0.1, -0.05) is 11.6 Å². The number of hydrogen-bond donors (Lipinski definition) is 3. The van der Waals surface area contributed by atoms with Crippen molar-refractivity contribution in [2.75, 3.05) is 16.9 Å². The molecule has 3 aromatic rings. The van der Waals surface area contributed by atoms with E-state index in [0.717, 1.165) is 34.1 Å². The Morgan fingerprint density at radius 2 is 1.61 bits per heavy atom. The minimum absolute atomic E-state index is 0.0105. The quantitative estimate of drug-likeness (QED) is 0.173. The molecule has 0 unspecified atom stereocenters. The van der Waals surface area contributed by atoms with Crippen LogP contribution in [0.15, 0.2) is 70.7 Å². The van der Waals surface area contributed by atoms with Crippen LogP contribution in [0.2, 0.25) is 0 Å². The van der Waals surface area contributed by atoms with Crippen molar-refractivity contribution in [1.82, 2.24) is 0 Å². The lowest BCUT2D eigenvalue weighted by molar-refractivity contribution is -0.125.